The van der Waals surface area contributed by atoms with Gasteiger partial charge in [-0.05, 0) is 49.8 Å². The van der Waals surface area contributed by atoms with E-state index in [9.17, 15) is 14.4 Å². The zero-order valence-corrected chi connectivity index (χ0v) is 19.7. The number of pyridine rings is 1. The summed E-state index contributed by atoms with van der Waals surface area (Å²) in [5.41, 5.74) is 3.18. The molecule has 4 rings (SSSR count). The third-order valence-corrected chi connectivity index (χ3v) is 6.67. The number of nitrogens with zero attached hydrogens (tertiary/aromatic N) is 3. The molecule has 176 valence electrons. The average molecular weight is 474 g/mol. The lowest BCUT2D eigenvalue weighted by Gasteiger charge is -2.39. The van der Waals surface area contributed by atoms with Gasteiger partial charge in [0.25, 0.3) is 5.91 Å². The van der Waals surface area contributed by atoms with E-state index in [1.54, 1.807) is 12.1 Å². The summed E-state index contributed by atoms with van der Waals surface area (Å²) in [6, 6.07) is 4.34. The molecule has 2 aromatic rings. The Kier molecular flexibility index (Phi) is 7.02. The predicted octanol–water partition coefficient (Wildman–Crippen LogP) is 3.61. The largest absolute Gasteiger partial charge is 0.467 e. The van der Waals surface area contributed by atoms with Crippen LogP contribution in [0.5, 0.6) is 0 Å². The van der Waals surface area contributed by atoms with Crippen LogP contribution in [0.15, 0.2) is 18.2 Å². The first kappa shape index (κ1) is 23.3. The molecule has 1 atom stereocenters. The van der Waals surface area contributed by atoms with Crippen molar-refractivity contribution in [3.8, 4) is 0 Å². The fraction of sp³-hybridized carbons (Fsp3) is 0.500. The minimum Gasteiger partial charge on any atom is -0.467 e. The second-order valence-corrected chi connectivity index (χ2v) is 8.77. The molecule has 1 aliphatic heterocycles. The van der Waals surface area contributed by atoms with Crippen molar-refractivity contribution in [2.24, 2.45) is 0 Å². The Labute approximate surface area is 197 Å². The predicted molar refractivity (Wildman–Crippen MR) is 123 cm³/mol. The maximum absolute atomic E-state index is 13.4. The average Bonchev–Trinajstić information content (AvgIpc) is 2.85. The van der Waals surface area contributed by atoms with Crippen molar-refractivity contribution in [2.45, 2.75) is 45.1 Å². The van der Waals surface area contributed by atoms with Crippen molar-refractivity contribution in [3.63, 3.8) is 0 Å². The minimum absolute atomic E-state index is 0.0200. The lowest BCUT2D eigenvalue weighted by Crippen LogP contribution is -2.59. The lowest BCUT2D eigenvalue weighted by atomic mass is 9.94. The number of benzene rings is 1. The Morgan fingerprint density at radius 2 is 1.97 bits per heavy atom. The van der Waals surface area contributed by atoms with Gasteiger partial charge in [0.05, 0.1) is 30.8 Å². The third kappa shape index (κ3) is 4.62. The number of carbonyl (C=O) groups is 3. The van der Waals surface area contributed by atoms with Crippen LogP contribution in [0.2, 0.25) is 5.02 Å². The van der Waals surface area contributed by atoms with Crippen molar-refractivity contribution in [2.75, 3.05) is 33.4 Å². The molecule has 0 spiro atoms. The Balaban J connectivity index is 1.60. The quantitative estimate of drug-likeness (QED) is 0.630. The van der Waals surface area contributed by atoms with Gasteiger partial charge in [0.1, 0.15) is 6.04 Å². The molecule has 9 heteroatoms. The normalized spacial score (nSPS) is 18.1. The van der Waals surface area contributed by atoms with Gasteiger partial charge in [-0.1, -0.05) is 24.6 Å². The summed E-state index contributed by atoms with van der Waals surface area (Å²) in [4.78, 5) is 45.9. The maximum atomic E-state index is 13.4. The van der Waals surface area contributed by atoms with Crippen LogP contribution in [-0.4, -0.2) is 72.1 Å². The van der Waals surface area contributed by atoms with Gasteiger partial charge in [-0.15, -0.1) is 0 Å². The van der Waals surface area contributed by atoms with E-state index in [-0.39, 0.29) is 25.5 Å². The molecule has 2 amide bonds. The molecule has 2 heterocycles. The molecule has 8 nitrogen and oxygen atoms in total. The van der Waals surface area contributed by atoms with E-state index in [1.807, 2.05) is 13.0 Å². The Bertz CT molecular complexity index is 1090. The number of esters is 1. The summed E-state index contributed by atoms with van der Waals surface area (Å²) < 4.78 is 10.1. The fourth-order valence-electron chi connectivity index (χ4n) is 4.48. The number of rotatable bonds is 4. The van der Waals surface area contributed by atoms with Crippen LogP contribution in [-0.2, 0) is 27.1 Å². The van der Waals surface area contributed by atoms with Crippen molar-refractivity contribution in [3.05, 3.63) is 40.0 Å². The van der Waals surface area contributed by atoms with Crippen LogP contribution >= 0.6 is 11.6 Å². The summed E-state index contributed by atoms with van der Waals surface area (Å²) >= 11 is 6.66. The van der Waals surface area contributed by atoms with Gasteiger partial charge < -0.3 is 19.3 Å². The number of ether oxygens (including phenoxy) is 2. The number of aromatic nitrogens is 1. The van der Waals surface area contributed by atoms with Gasteiger partial charge in [-0.25, -0.2) is 9.59 Å². The van der Waals surface area contributed by atoms with E-state index in [0.29, 0.717) is 29.1 Å². The highest BCUT2D eigenvalue weighted by atomic mass is 35.5. The number of hydrogen-bond donors (Lipinski definition) is 0. The van der Waals surface area contributed by atoms with E-state index in [1.165, 1.54) is 16.9 Å². The molecular weight excluding hydrogens is 446 g/mol. The van der Waals surface area contributed by atoms with Crippen molar-refractivity contribution >= 4 is 40.5 Å². The van der Waals surface area contributed by atoms with Gasteiger partial charge in [0.2, 0.25) is 0 Å². The molecule has 1 unspecified atom stereocenters. The summed E-state index contributed by atoms with van der Waals surface area (Å²) in [5, 5.41) is 1.53. The molecule has 2 aliphatic rings. The highest BCUT2D eigenvalue weighted by molar-refractivity contribution is 6.36. The minimum atomic E-state index is -0.916. The van der Waals surface area contributed by atoms with Crippen LogP contribution in [0.4, 0.5) is 4.79 Å². The lowest BCUT2D eigenvalue weighted by molar-refractivity contribution is -0.147. The zero-order chi connectivity index (χ0) is 23.5. The topological polar surface area (TPSA) is 89.0 Å². The molecule has 1 aromatic heterocycles. The van der Waals surface area contributed by atoms with Crippen LogP contribution < -0.4 is 0 Å². The standard InChI is InChI=1S/C24H28ClN3O5/c1-3-12-33-24(31)27-10-11-28(20(14-27)23(30)32-2)22(29)15-8-9-17-19(13-15)26-18-7-5-4-6-16(18)21(17)25/h8-9,13,20H,3-7,10-12,14H2,1-2H3. The van der Waals surface area contributed by atoms with Crippen LogP contribution in [0.1, 0.15) is 47.8 Å². The molecule has 1 saturated heterocycles. The summed E-state index contributed by atoms with van der Waals surface area (Å²) in [6.45, 7) is 2.69. The number of aryl methyl sites for hydroxylation is 1. The third-order valence-electron chi connectivity index (χ3n) is 6.24. The highest BCUT2D eigenvalue weighted by Crippen LogP contribution is 2.33. The van der Waals surface area contributed by atoms with E-state index < -0.39 is 18.1 Å². The second kappa shape index (κ2) is 9.95. The summed E-state index contributed by atoms with van der Waals surface area (Å²) in [7, 11) is 1.27. The van der Waals surface area contributed by atoms with Gasteiger partial charge in [-0.3, -0.25) is 9.78 Å². The SMILES string of the molecule is CCCOC(=O)N1CCN(C(=O)c2ccc3c(Cl)c4c(nc3c2)CCCC4)C(C(=O)OC)C1. The van der Waals surface area contributed by atoms with E-state index >= 15 is 0 Å². The number of carbonyl (C=O) groups excluding carboxylic acids is 3. The smallest absolute Gasteiger partial charge is 0.409 e. The van der Waals surface area contributed by atoms with Gasteiger partial charge in [0, 0.05) is 29.7 Å². The fourth-order valence-corrected chi connectivity index (χ4v) is 4.84. The van der Waals surface area contributed by atoms with Crippen LogP contribution in [0, 0.1) is 0 Å². The molecule has 0 N–H and O–H groups in total. The second-order valence-electron chi connectivity index (χ2n) is 8.39. The molecule has 33 heavy (non-hydrogen) atoms. The number of amides is 2. The molecule has 0 radical (unpaired) electrons. The van der Waals surface area contributed by atoms with E-state index in [0.717, 1.165) is 42.3 Å². The first-order valence-corrected chi connectivity index (χ1v) is 11.7. The molecule has 1 aliphatic carbocycles. The number of hydrogen-bond acceptors (Lipinski definition) is 6. The maximum Gasteiger partial charge on any atom is 0.409 e. The molecular formula is C24H28ClN3O5. The summed E-state index contributed by atoms with van der Waals surface area (Å²) in [6.07, 6.45) is 4.18. The van der Waals surface area contributed by atoms with Gasteiger partial charge >= 0.3 is 12.1 Å². The van der Waals surface area contributed by atoms with Crippen molar-refractivity contribution in [1.29, 1.82) is 0 Å². The van der Waals surface area contributed by atoms with Crippen molar-refractivity contribution in [1.82, 2.24) is 14.8 Å². The summed E-state index contributed by atoms with van der Waals surface area (Å²) in [5.74, 6) is -0.892. The Morgan fingerprint density at radius 3 is 2.73 bits per heavy atom. The van der Waals surface area contributed by atoms with Crippen LogP contribution in [0.25, 0.3) is 10.9 Å². The van der Waals surface area contributed by atoms with Gasteiger partial charge in [-0.2, -0.15) is 0 Å². The van der Waals surface area contributed by atoms with Gasteiger partial charge in [0.15, 0.2) is 0 Å². The zero-order valence-electron chi connectivity index (χ0n) is 18.9. The molecule has 1 aromatic carbocycles. The first-order chi connectivity index (χ1) is 15.9. The van der Waals surface area contributed by atoms with Crippen molar-refractivity contribution < 1.29 is 23.9 Å². The highest BCUT2D eigenvalue weighted by Gasteiger charge is 2.38. The molecule has 0 saturated carbocycles. The number of methoxy groups -OCH3 is 1. The van der Waals surface area contributed by atoms with E-state index in [4.69, 9.17) is 26.1 Å². The Morgan fingerprint density at radius 1 is 1.18 bits per heavy atom. The number of fused-ring (bicyclic) bond motifs is 2. The molecule has 1 fully saturated rings. The van der Waals surface area contributed by atoms with Crippen LogP contribution in [0.3, 0.4) is 0 Å². The molecule has 0 bridgehead atoms. The van der Waals surface area contributed by atoms with E-state index in [2.05, 4.69) is 0 Å². The first-order valence-electron chi connectivity index (χ1n) is 11.4. The monoisotopic (exact) mass is 473 g/mol. The number of piperazine rings is 1. The Hall–Kier alpha value is -2.87. The number of halogens is 1.